The van der Waals surface area contributed by atoms with E-state index in [-0.39, 0.29) is 5.43 Å². The SMILES string of the molecule is C#CC(C)(C)Oc1ccc2c(=O)cc(CC)oc2c1. The number of hydrogen-bond donors (Lipinski definition) is 0. The first-order valence-electron chi connectivity index (χ1n) is 6.19. The average molecular weight is 256 g/mol. The van der Waals surface area contributed by atoms with Gasteiger partial charge in [0.05, 0.1) is 5.39 Å². The molecule has 1 heterocycles. The minimum atomic E-state index is -0.698. The van der Waals surface area contributed by atoms with Gasteiger partial charge in [-0.05, 0) is 26.0 Å². The highest BCUT2D eigenvalue weighted by molar-refractivity contribution is 5.78. The Balaban J connectivity index is 2.51. The molecule has 0 saturated carbocycles. The Bertz CT molecular complexity index is 702. The van der Waals surface area contributed by atoms with Crippen molar-refractivity contribution in [2.45, 2.75) is 32.8 Å². The minimum Gasteiger partial charge on any atom is -0.475 e. The van der Waals surface area contributed by atoms with Crippen LogP contribution in [0.4, 0.5) is 0 Å². The Morgan fingerprint density at radius 1 is 1.37 bits per heavy atom. The normalized spacial score (nSPS) is 11.3. The van der Waals surface area contributed by atoms with Crippen LogP contribution in [0.15, 0.2) is 33.5 Å². The van der Waals surface area contributed by atoms with Crippen molar-refractivity contribution in [3.63, 3.8) is 0 Å². The van der Waals surface area contributed by atoms with Crippen LogP contribution in [0.3, 0.4) is 0 Å². The Morgan fingerprint density at radius 2 is 2.11 bits per heavy atom. The van der Waals surface area contributed by atoms with Gasteiger partial charge in [0.15, 0.2) is 11.0 Å². The van der Waals surface area contributed by atoms with Crippen molar-refractivity contribution >= 4 is 11.0 Å². The maximum Gasteiger partial charge on any atom is 0.192 e. The summed E-state index contributed by atoms with van der Waals surface area (Å²) in [5.74, 6) is 3.81. The molecule has 0 aliphatic rings. The standard InChI is InChI=1S/C16H16O3/c1-5-11-9-14(17)13-8-7-12(10-15(13)18-11)19-16(3,4)6-2/h2,7-10H,5H2,1,3-4H3. The highest BCUT2D eigenvalue weighted by Crippen LogP contribution is 2.23. The quantitative estimate of drug-likeness (QED) is 0.792. The fourth-order valence-corrected chi connectivity index (χ4v) is 1.75. The second-order valence-electron chi connectivity index (χ2n) is 4.85. The van der Waals surface area contributed by atoms with Gasteiger partial charge in [-0.3, -0.25) is 4.79 Å². The highest BCUT2D eigenvalue weighted by atomic mass is 16.5. The van der Waals surface area contributed by atoms with E-state index in [1.165, 1.54) is 6.07 Å². The number of rotatable bonds is 3. The molecule has 0 amide bonds. The summed E-state index contributed by atoms with van der Waals surface area (Å²) in [6.45, 7) is 5.54. The molecule has 2 aromatic rings. The van der Waals surface area contributed by atoms with Gasteiger partial charge in [-0.15, -0.1) is 6.42 Å². The largest absolute Gasteiger partial charge is 0.475 e. The molecule has 0 saturated heterocycles. The topological polar surface area (TPSA) is 39.4 Å². The third kappa shape index (κ3) is 2.79. The number of ether oxygens (including phenoxy) is 1. The summed E-state index contributed by atoms with van der Waals surface area (Å²) in [6, 6.07) is 6.65. The lowest BCUT2D eigenvalue weighted by molar-refractivity contribution is 0.172. The maximum absolute atomic E-state index is 11.9. The van der Waals surface area contributed by atoms with Crippen molar-refractivity contribution < 1.29 is 9.15 Å². The molecule has 19 heavy (non-hydrogen) atoms. The predicted molar refractivity (Wildman–Crippen MR) is 75.4 cm³/mol. The molecule has 0 atom stereocenters. The second-order valence-corrected chi connectivity index (χ2v) is 4.85. The Hall–Kier alpha value is -2.21. The molecule has 0 N–H and O–H groups in total. The molecule has 0 aliphatic carbocycles. The van der Waals surface area contributed by atoms with E-state index in [1.54, 1.807) is 32.0 Å². The second kappa shape index (κ2) is 4.81. The molecule has 1 aromatic carbocycles. The van der Waals surface area contributed by atoms with Crippen molar-refractivity contribution in [2.24, 2.45) is 0 Å². The lowest BCUT2D eigenvalue weighted by Crippen LogP contribution is -2.25. The van der Waals surface area contributed by atoms with E-state index >= 15 is 0 Å². The highest BCUT2D eigenvalue weighted by Gasteiger charge is 2.16. The summed E-state index contributed by atoms with van der Waals surface area (Å²) in [6.07, 6.45) is 6.06. The Morgan fingerprint density at radius 3 is 2.74 bits per heavy atom. The summed E-state index contributed by atoms with van der Waals surface area (Å²) < 4.78 is 11.3. The molecule has 0 fully saturated rings. The monoisotopic (exact) mass is 256 g/mol. The number of aryl methyl sites for hydroxylation is 1. The molecule has 0 spiro atoms. The van der Waals surface area contributed by atoms with Gasteiger partial charge in [-0.2, -0.15) is 0 Å². The lowest BCUT2D eigenvalue weighted by Gasteiger charge is -2.20. The fourth-order valence-electron chi connectivity index (χ4n) is 1.75. The first kappa shape index (κ1) is 13.2. The molecular weight excluding hydrogens is 240 g/mol. The summed E-state index contributed by atoms with van der Waals surface area (Å²) in [5.41, 5.74) is -0.216. The van der Waals surface area contributed by atoms with Gasteiger partial charge in [-0.1, -0.05) is 12.8 Å². The van der Waals surface area contributed by atoms with Crippen molar-refractivity contribution in [2.75, 3.05) is 0 Å². The van der Waals surface area contributed by atoms with E-state index in [1.807, 2.05) is 6.92 Å². The lowest BCUT2D eigenvalue weighted by atomic mass is 10.1. The van der Waals surface area contributed by atoms with Crippen molar-refractivity contribution in [3.05, 3.63) is 40.2 Å². The number of benzene rings is 1. The molecule has 2 rings (SSSR count). The van der Waals surface area contributed by atoms with E-state index in [9.17, 15) is 4.79 Å². The number of terminal acetylenes is 1. The van der Waals surface area contributed by atoms with Gasteiger partial charge in [0.2, 0.25) is 0 Å². The van der Waals surface area contributed by atoms with Gasteiger partial charge in [-0.25, -0.2) is 0 Å². The van der Waals surface area contributed by atoms with E-state index in [0.29, 0.717) is 28.9 Å². The van der Waals surface area contributed by atoms with Crippen LogP contribution >= 0.6 is 0 Å². The third-order valence-electron chi connectivity index (χ3n) is 2.82. The predicted octanol–water partition coefficient (Wildman–Crippen LogP) is 3.15. The zero-order valence-corrected chi connectivity index (χ0v) is 11.3. The summed E-state index contributed by atoms with van der Waals surface area (Å²) >= 11 is 0. The van der Waals surface area contributed by atoms with E-state index in [0.717, 1.165) is 0 Å². The first-order valence-corrected chi connectivity index (χ1v) is 6.19. The molecule has 3 heteroatoms. The van der Waals surface area contributed by atoms with Gasteiger partial charge < -0.3 is 9.15 Å². The van der Waals surface area contributed by atoms with Crippen LogP contribution in [-0.2, 0) is 6.42 Å². The number of hydrogen-bond acceptors (Lipinski definition) is 3. The van der Waals surface area contributed by atoms with Crippen LogP contribution < -0.4 is 10.2 Å². The van der Waals surface area contributed by atoms with Gasteiger partial charge >= 0.3 is 0 Å². The maximum atomic E-state index is 11.9. The molecule has 98 valence electrons. The van der Waals surface area contributed by atoms with Crippen LogP contribution in [-0.4, -0.2) is 5.60 Å². The Labute approximate surface area is 112 Å². The molecule has 1 aromatic heterocycles. The van der Waals surface area contributed by atoms with Crippen LogP contribution in [0.1, 0.15) is 26.5 Å². The van der Waals surface area contributed by atoms with Gasteiger partial charge in [0, 0.05) is 18.6 Å². The van der Waals surface area contributed by atoms with Crippen molar-refractivity contribution in [3.8, 4) is 18.1 Å². The summed E-state index contributed by atoms with van der Waals surface area (Å²) in [4.78, 5) is 11.9. The van der Waals surface area contributed by atoms with Gasteiger partial charge in [0.25, 0.3) is 0 Å². The van der Waals surface area contributed by atoms with Crippen LogP contribution in [0.2, 0.25) is 0 Å². The van der Waals surface area contributed by atoms with Crippen molar-refractivity contribution in [1.29, 1.82) is 0 Å². The third-order valence-corrected chi connectivity index (χ3v) is 2.82. The molecule has 3 nitrogen and oxygen atoms in total. The average Bonchev–Trinajstić information content (AvgIpc) is 2.37. The molecule has 0 unspecified atom stereocenters. The van der Waals surface area contributed by atoms with E-state index < -0.39 is 5.60 Å². The first-order chi connectivity index (χ1) is 8.95. The summed E-state index contributed by atoms with van der Waals surface area (Å²) in [7, 11) is 0. The molecule has 0 radical (unpaired) electrons. The van der Waals surface area contributed by atoms with Gasteiger partial charge in [0.1, 0.15) is 17.1 Å². The van der Waals surface area contributed by atoms with Crippen LogP contribution in [0.25, 0.3) is 11.0 Å². The zero-order valence-electron chi connectivity index (χ0n) is 11.3. The smallest absolute Gasteiger partial charge is 0.192 e. The molecule has 0 aliphatic heterocycles. The zero-order chi connectivity index (χ0) is 14.0. The van der Waals surface area contributed by atoms with E-state index in [4.69, 9.17) is 15.6 Å². The Kier molecular flexibility index (Phi) is 3.35. The number of fused-ring (bicyclic) bond motifs is 1. The molecule has 0 bridgehead atoms. The van der Waals surface area contributed by atoms with E-state index in [2.05, 4.69) is 5.92 Å². The summed E-state index contributed by atoms with van der Waals surface area (Å²) in [5, 5.41) is 0.545. The van der Waals surface area contributed by atoms with Crippen molar-refractivity contribution in [1.82, 2.24) is 0 Å². The van der Waals surface area contributed by atoms with Crippen LogP contribution in [0, 0.1) is 12.3 Å². The fraction of sp³-hybridized carbons (Fsp3) is 0.312. The minimum absolute atomic E-state index is 0.0409. The van der Waals surface area contributed by atoms with Crippen LogP contribution in [0.5, 0.6) is 5.75 Å². The molecular formula is C16H16O3.